The van der Waals surface area contributed by atoms with Gasteiger partial charge in [-0.05, 0) is 41.7 Å². The van der Waals surface area contributed by atoms with Gasteiger partial charge in [0.1, 0.15) is 0 Å². The van der Waals surface area contributed by atoms with Gasteiger partial charge in [0.15, 0.2) is 0 Å². The van der Waals surface area contributed by atoms with Crippen LogP contribution in [-0.2, 0) is 11.3 Å². The predicted molar refractivity (Wildman–Crippen MR) is 142 cm³/mol. The van der Waals surface area contributed by atoms with Gasteiger partial charge in [-0.15, -0.1) is 0 Å². The highest BCUT2D eigenvalue weighted by molar-refractivity contribution is 5.99. The maximum Gasteiger partial charge on any atom is 0.253 e. The predicted octanol–water partition coefficient (Wildman–Crippen LogP) is 5.41. The largest absolute Gasteiger partial charge is 0.371 e. The minimum absolute atomic E-state index is 0.0732. The zero-order chi connectivity index (χ0) is 24.8. The summed E-state index contributed by atoms with van der Waals surface area (Å²) in [5.41, 5.74) is 4.65. The molecule has 0 saturated carbocycles. The minimum atomic E-state index is -0.385. The van der Waals surface area contributed by atoms with Crippen molar-refractivity contribution in [3.63, 3.8) is 0 Å². The number of amides is 2. The molecule has 182 valence electrons. The van der Waals surface area contributed by atoms with Crippen molar-refractivity contribution < 1.29 is 9.59 Å². The molecule has 0 aliphatic carbocycles. The Morgan fingerprint density at radius 1 is 0.829 bits per heavy atom. The Morgan fingerprint density at radius 3 is 2.09 bits per heavy atom. The smallest absolute Gasteiger partial charge is 0.253 e. The molecule has 2 amide bonds. The Morgan fingerprint density at radius 2 is 1.43 bits per heavy atom. The minimum Gasteiger partial charge on any atom is -0.371 e. The van der Waals surface area contributed by atoms with Gasteiger partial charge < -0.3 is 15.5 Å². The van der Waals surface area contributed by atoms with E-state index in [9.17, 15) is 9.59 Å². The van der Waals surface area contributed by atoms with Crippen molar-refractivity contribution in [3.05, 3.63) is 90.0 Å². The molecule has 5 nitrogen and oxygen atoms in total. The van der Waals surface area contributed by atoms with Gasteiger partial charge in [-0.2, -0.15) is 0 Å². The quantitative estimate of drug-likeness (QED) is 0.507. The summed E-state index contributed by atoms with van der Waals surface area (Å²) >= 11 is 0. The van der Waals surface area contributed by atoms with E-state index < -0.39 is 0 Å². The van der Waals surface area contributed by atoms with E-state index in [1.165, 1.54) is 5.56 Å². The summed E-state index contributed by atoms with van der Waals surface area (Å²) in [6.45, 7) is 7.89. The first kappa shape index (κ1) is 24.5. The maximum atomic E-state index is 13.1. The molecule has 2 N–H and O–H groups in total. The molecular weight excluding hydrogens is 434 g/mol. The molecule has 3 aromatic rings. The highest BCUT2D eigenvalue weighted by atomic mass is 16.2. The number of nitrogens with zero attached hydrogens (tertiary/aromatic N) is 1. The molecule has 0 spiro atoms. The molecule has 1 aliphatic heterocycles. The monoisotopic (exact) mass is 469 g/mol. The van der Waals surface area contributed by atoms with Gasteiger partial charge in [-0.1, -0.05) is 87.5 Å². The molecule has 1 heterocycles. The summed E-state index contributed by atoms with van der Waals surface area (Å²) in [6.07, 6.45) is 1.73. The van der Waals surface area contributed by atoms with Gasteiger partial charge in [-0.3, -0.25) is 9.59 Å². The normalized spacial score (nSPS) is 14.4. The van der Waals surface area contributed by atoms with Crippen molar-refractivity contribution in [1.29, 1.82) is 0 Å². The number of piperidine rings is 1. The van der Waals surface area contributed by atoms with E-state index in [0.29, 0.717) is 12.1 Å². The molecule has 0 radical (unpaired) electrons. The van der Waals surface area contributed by atoms with Gasteiger partial charge in [0.25, 0.3) is 5.91 Å². The third-order valence-corrected chi connectivity index (χ3v) is 6.51. The van der Waals surface area contributed by atoms with Crippen LogP contribution in [0.1, 0.15) is 49.5 Å². The third-order valence-electron chi connectivity index (χ3n) is 6.51. The van der Waals surface area contributed by atoms with Crippen LogP contribution in [0.15, 0.2) is 78.9 Å². The van der Waals surface area contributed by atoms with Crippen LogP contribution in [0.3, 0.4) is 0 Å². The fraction of sp³-hybridized carbons (Fsp3) is 0.333. The van der Waals surface area contributed by atoms with Crippen LogP contribution in [0.25, 0.3) is 11.1 Å². The average Bonchev–Trinajstić information content (AvgIpc) is 2.88. The van der Waals surface area contributed by atoms with Crippen molar-refractivity contribution >= 4 is 17.5 Å². The molecule has 1 fully saturated rings. The zero-order valence-corrected chi connectivity index (χ0v) is 20.9. The van der Waals surface area contributed by atoms with Crippen LogP contribution in [0.5, 0.6) is 0 Å². The molecule has 1 aliphatic rings. The molecule has 0 bridgehead atoms. The van der Waals surface area contributed by atoms with E-state index in [2.05, 4.69) is 51.9 Å². The van der Waals surface area contributed by atoms with Crippen molar-refractivity contribution in [1.82, 2.24) is 10.6 Å². The zero-order valence-electron chi connectivity index (χ0n) is 20.9. The second-order valence-corrected chi connectivity index (χ2v) is 10.2. The van der Waals surface area contributed by atoms with E-state index in [-0.39, 0.29) is 23.3 Å². The van der Waals surface area contributed by atoms with Gasteiger partial charge in [0.2, 0.25) is 5.91 Å². The number of benzene rings is 3. The molecule has 0 unspecified atom stereocenters. The molecule has 35 heavy (non-hydrogen) atoms. The molecule has 3 aromatic carbocycles. The Labute approximate surface area is 208 Å². The van der Waals surface area contributed by atoms with E-state index in [1.807, 2.05) is 63.2 Å². The van der Waals surface area contributed by atoms with Crippen molar-refractivity contribution in [2.24, 2.45) is 5.41 Å². The molecule has 5 heteroatoms. The highest BCUT2D eigenvalue weighted by Crippen LogP contribution is 2.25. The number of para-hydroxylation sites is 1. The van der Waals surface area contributed by atoms with Gasteiger partial charge in [0.05, 0.1) is 5.56 Å². The second-order valence-electron chi connectivity index (χ2n) is 10.2. The number of carbonyl (C=O) groups excluding carboxylic acids is 2. The number of hydrogen-bond acceptors (Lipinski definition) is 3. The first-order chi connectivity index (χ1) is 16.8. The molecule has 4 rings (SSSR count). The molecule has 0 atom stereocenters. The van der Waals surface area contributed by atoms with Crippen molar-refractivity contribution in [2.75, 3.05) is 18.0 Å². The number of nitrogens with one attached hydrogen (secondary N) is 2. The third kappa shape index (κ3) is 6.30. The van der Waals surface area contributed by atoms with Gasteiger partial charge in [0, 0.05) is 36.8 Å². The lowest BCUT2D eigenvalue weighted by atomic mass is 9.94. The first-order valence-electron chi connectivity index (χ1n) is 12.4. The Bertz CT molecular complexity index is 1140. The second kappa shape index (κ2) is 10.8. The maximum absolute atomic E-state index is 13.1. The Hall–Kier alpha value is -3.60. The highest BCUT2D eigenvalue weighted by Gasteiger charge is 2.27. The number of anilines is 1. The van der Waals surface area contributed by atoms with Crippen LogP contribution in [0.2, 0.25) is 0 Å². The Balaban J connectivity index is 1.35. The standard InChI is InChI=1S/C30H35N3O2/c1-30(2,3)29(35)32-25-17-19-33(20-18-25)27-12-8-7-11-26(27)28(34)31-21-22-13-15-24(16-14-22)23-9-5-4-6-10-23/h4-16,25H,17-21H2,1-3H3,(H,31,34)(H,32,35). The topological polar surface area (TPSA) is 61.4 Å². The lowest BCUT2D eigenvalue weighted by Gasteiger charge is -2.35. The van der Waals surface area contributed by atoms with Crippen LogP contribution in [0.4, 0.5) is 5.69 Å². The fourth-order valence-electron chi connectivity index (χ4n) is 4.33. The summed E-state index contributed by atoms with van der Waals surface area (Å²) in [5, 5.41) is 6.26. The summed E-state index contributed by atoms with van der Waals surface area (Å²) in [6, 6.07) is 26.5. The van der Waals surface area contributed by atoms with Crippen LogP contribution in [0, 0.1) is 5.41 Å². The summed E-state index contributed by atoms with van der Waals surface area (Å²) in [4.78, 5) is 27.7. The van der Waals surface area contributed by atoms with E-state index >= 15 is 0 Å². The van der Waals surface area contributed by atoms with Crippen molar-refractivity contribution in [3.8, 4) is 11.1 Å². The molecular formula is C30H35N3O2. The lowest BCUT2D eigenvalue weighted by Crippen LogP contribution is -2.48. The summed E-state index contributed by atoms with van der Waals surface area (Å²) in [5.74, 6) is 0.0171. The molecule has 1 saturated heterocycles. The van der Waals surface area contributed by atoms with E-state index in [1.54, 1.807) is 0 Å². The van der Waals surface area contributed by atoms with Crippen LogP contribution >= 0.6 is 0 Å². The first-order valence-corrected chi connectivity index (χ1v) is 12.4. The van der Waals surface area contributed by atoms with E-state index in [0.717, 1.165) is 42.7 Å². The lowest BCUT2D eigenvalue weighted by molar-refractivity contribution is -0.129. The SMILES string of the molecule is CC(C)(C)C(=O)NC1CCN(c2ccccc2C(=O)NCc2ccc(-c3ccccc3)cc2)CC1. The van der Waals surface area contributed by atoms with Gasteiger partial charge >= 0.3 is 0 Å². The van der Waals surface area contributed by atoms with Crippen molar-refractivity contribution in [2.45, 2.75) is 46.2 Å². The summed E-state index contributed by atoms with van der Waals surface area (Å²) in [7, 11) is 0. The summed E-state index contributed by atoms with van der Waals surface area (Å²) < 4.78 is 0. The van der Waals surface area contributed by atoms with Crippen LogP contribution < -0.4 is 15.5 Å². The van der Waals surface area contributed by atoms with E-state index in [4.69, 9.17) is 0 Å². The van der Waals surface area contributed by atoms with Gasteiger partial charge in [-0.25, -0.2) is 0 Å². The number of rotatable bonds is 6. The number of hydrogen-bond donors (Lipinski definition) is 2. The van der Waals surface area contributed by atoms with Crippen LogP contribution in [-0.4, -0.2) is 30.9 Å². The fourth-order valence-corrected chi connectivity index (χ4v) is 4.33. The average molecular weight is 470 g/mol. The molecule has 0 aromatic heterocycles. The Kier molecular flexibility index (Phi) is 7.54. The number of carbonyl (C=O) groups is 2.